The fourth-order valence-corrected chi connectivity index (χ4v) is 1.99. The number of nitrogens with one attached hydrogen (secondary N) is 2. The minimum absolute atomic E-state index is 0.0744. The van der Waals surface area contributed by atoms with Gasteiger partial charge in [0.1, 0.15) is 5.82 Å². The lowest BCUT2D eigenvalue weighted by Crippen LogP contribution is -2.42. The number of nitrogens with two attached hydrogens (primary N) is 1. The summed E-state index contributed by atoms with van der Waals surface area (Å²) in [5.41, 5.74) is 1.21. The largest absolute Gasteiger partial charge is 0.388 e. The van der Waals surface area contributed by atoms with Crippen molar-refractivity contribution in [1.29, 1.82) is 0 Å². The fraction of sp³-hybridized carbons (Fsp3) is 0.545. The summed E-state index contributed by atoms with van der Waals surface area (Å²) in [6.45, 7) is 1.11. The summed E-state index contributed by atoms with van der Waals surface area (Å²) in [4.78, 5) is 14.4. The SMILES string of the molecule is NNc1ccc([N+](=O)[O-])c(NCC2(O)CCOCC2)n1. The molecule has 1 aliphatic rings. The first-order valence-corrected chi connectivity index (χ1v) is 6.20. The summed E-state index contributed by atoms with van der Waals surface area (Å²) < 4.78 is 5.18. The Balaban J connectivity index is 2.12. The molecule has 0 amide bonds. The van der Waals surface area contributed by atoms with Gasteiger partial charge in [-0.1, -0.05) is 0 Å². The van der Waals surface area contributed by atoms with Crippen LogP contribution in [0.3, 0.4) is 0 Å². The number of nitro groups is 1. The van der Waals surface area contributed by atoms with E-state index in [2.05, 4.69) is 15.7 Å². The van der Waals surface area contributed by atoms with E-state index in [1.807, 2.05) is 0 Å². The Kier molecular flexibility index (Phi) is 4.32. The van der Waals surface area contributed by atoms with Gasteiger partial charge < -0.3 is 20.6 Å². The number of aromatic nitrogens is 1. The van der Waals surface area contributed by atoms with E-state index in [1.165, 1.54) is 12.1 Å². The van der Waals surface area contributed by atoms with Gasteiger partial charge in [0.25, 0.3) is 0 Å². The van der Waals surface area contributed by atoms with Crippen molar-refractivity contribution < 1.29 is 14.8 Å². The normalized spacial score (nSPS) is 17.5. The van der Waals surface area contributed by atoms with Gasteiger partial charge in [-0.25, -0.2) is 10.8 Å². The highest BCUT2D eigenvalue weighted by Crippen LogP contribution is 2.26. The van der Waals surface area contributed by atoms with Gasteiger partial charge in [0.2, 0.25) is 5.82 Å². The number of hydrazine groups is 1. The Morgan fingerprint density at radius 1 is 1.50 bits per heavy atom. The lowest BCUT2D eigenvalue weighted by Gasteiger charge is -2.32. The molecule has 0 bridgehead atoms. The van der Waals surface area contributed by atoms with Crippen molar-refractivity contribution in [2.24, 2.45) is 5.84 Å². The molecule has 2 heterocycles. The highest BCUT2D eigenvalue weighted by atomic mass is 16.6. The molecule has 0 aliphatic carbocycles. The number of nitrogen functional groups attached to an aromatic ring is 1. The summed E-state index contributed by atoms with van der Waals surface area (Å²) in [6.07, 6.45) is 0.950. The average Bonchev–Trinajstić information content (AvgIpc) is 2.45. The number of hydrogen-bond donors (Lipinski definition) is 4. The zero-order valence-electron chi connectivity index (χ0n) is 10.8. The smallest absolute Gasteiger partial charge is 0.311 e. The minimum Gasteiger partial charge on any atom is -0.388 e. The molecule has 0 unspecified atom stereocenters. The van der Waals surface area contributed by atoms with Crippen LogP contribution in [0.2, 0.25) is 0 Å². The highest BCUT2D eigenvalue weighted by molar-refractivity contribution is 5.60. The predicted molar refractivity (Wildman–Crippen MR) is 72.2 cm³/mol. The number of nitrogens with zero attached hydrogens (tertiary/aromatic N) is 2. The summed E-state index contributed by atoms with van der Waals surface area (Å²) in [7, 11) is 0. The number of ether oxygens (including phenoxy) is 1. The van der Waals surface area contributed by atoms with Gasteiger partial charge in [0.15, 0.2) is 0 Å². The Morgan fingerprint density at radius 2 is 2.20 bits per heavy atom. The van der Waals surface area contributed by atoms with Gasteiger partial charge >= 0.3 is 5.69 Å². The molecular formula is C11H17N5O4. The Hall–Kier alpha value is -1.97. The number of pyridine rings is 1. The summed E-state index contributed by atoms with van der Waals surface area (Å²) in [6, 6.07) is 2.71. The standard InChI is InChI=1S/C11H17N5O4/c12-15-9-2-1-8(16(18)19)10(14-9)13-7-11(17)3-5-20-6-4-11/h1-2,17H,3-7,12H2,(H2,13,14,15). The Bertz CT molecular complexity index is 490. The van der Waals surface area contributed by atoms with Crippen LogP contribution in [0.1, 0.15) is 12.8 Å². The van der Waals surface area contributed by atoms with E-state index in [0.29, 0.717) is 31.9 Å². The number of aliphatic hydroxyl groups is 1. The van der Waals surface area contributed by atoms with Crippen LogP contribution in [0.5, 0.6) is 0 Å². The van der Waals surface area contributed by atoms with E-state index in [1.54, 1.807) is 0 Å². The van der Waals surface area contributed by atoms with Gasteiger partial charge in [-0.05, 0) is 6.07 Å². The average molecular weight is 283 g/mol. The van der Waals surface area contributed by atoms with Gasteiger partial charge in [0.05, 0.1) is 10.5 Å². The predicted octanol–water partition coefficient (Wildman–Crippen LogP) is 0.229. The molecule has 20 heavy (non-hydrogen) atoms. The molecule has 9 heteroatoms. The molecule has 1 fully saturated rings. The molecular weight excluding hydrogens is 266 g/mol. The number of anilines is 2. The third-order valence-electron chi connectivity index (χ3n) is 3.23. The zero-order chi connectivity index (χ0) is 14.6. The van der Waals surface area contributed by atoms with Crippen LogP contribution in [0.4, 0.5) is 17.3 Å². The minimum atomic E-state index is -0.944. The first-order chi connectivity index (χ1) is 9.54. The highest BCUT2D eigenvalue weighted by Gasteiger charge is 2.30. The van der Waals surface area contributed by atoms with E-state index in [0.717, 1.165) is 0 Å². The molecule has 5 N–H and O–H groups in total. The van der Waals surface area contributed by atoms with Crippen molar-refractivity contribution >= 4 is 17.3 Å². The molecule has 0 saturated carbocycles. The summed E-state index contributed by atoms with van der Waals surface area (Å²) in [5, 5.41) is 24.1. The van der Waals surface area contributed by atoms with Crippen LogP contribution in [-0.2, 0) is 4.74 Å². The zero-order valence-corrected chi connectivity index (χ0v) is 10.8. The van der Waals surface area contributed by atoms with Crippen LogP contribution in [-0.4, -0.2) is 40.4 Å². The molecule has 2 rings (SSSR count). The molecule has 1 aromatic heterocycles. The maximum absolute atomic E-state index is 10.9. The topological polar surface area (TPSA) is 136 Å². The molecule has 1 aliphatic heterocycles. The second kappa shape index (κ2) is 5.99. The first kappa shape index (κ1) is 14.4. The quantitative estimate of drug-likeness (QED) is 0.342. The summed E-state index contributed by atoms with van der Waals surface area (Å²) >= 11 is 0. The molecule has 110 valence electrons. The third kappa shape index (κ3) is 3.32. The maximum atomic E-state index is 10.9. The van der Waals surface area contributed by atoms with Crippen molar-refractivity contribution in [1.82, 2.24) is 4.98 Å². The number of hydrogen-bond acceptors (Lipinski definition) is 8. The fourth-order valence-electron chi connectivity index (χ4n) is 1.99. The second-order valence-corrected chi connectivity index (χ2v) is 4.66. The van der Waals surface area contributed by atoms with E-state index < -0.39 is 10.5 Å². The molecule has 9 nitrogen and oxygen atoms in total. The molecule has 0 aromatic carbocycles. The molecule has 0 spiro atoms. The van der Waals surface area contributed by atoms with E-state index in [9.17, 15) is 15.2 Å². The van der Waals surface area contributed by atoms with Crippen LogP contribution >= 0.6 is 0 Å². The maximum Gasteiger partial charge on any atom is 0.311 e. The van der Waals surface area contributed by atoms with Gasteiger partial charge in [-0.3, -0.25) is 10.1 Å². The molecule has 1 aromatic rings. The second-order valence-electron chi connectivity index (χ2n) is 4.66. The van der Waals surface area contributed by atoms with Crippen molar-refractivity contribution in [3.8, 4) is 0 Å². The van der Waals surface area contributed by atoms with Crippen molar-refractivity contribution in [3.63, 3.8) is 0 Å². The van der Waals surface area contributed by atoms with Gasteiger partial charge in [-0.2, -0.15) is 0 Å². The molecule has 1 saturated heterocycles. The molecule has 0 atom stereocenters. The van der Waals surface area contributed by atoms with Gasteiger partial charge in [-0.15, -0.1) is 0 Å². The first-order valence-electron chi connectivity index (χ1n) is 6.20. The lowest BCUT2D eigenvalue weighted by molar-refractivity contribution is -0.384. The van der Waals surface area contributed by atoms with Gasteiger partial charge in [0, 0.05) is 38.7 Å². The van der Waals surface area contributed by atoms with Crippen molar-refractivity contribution in [2.75, 3.05) is 30.5 Å². The Morgan fingerprint density at radius 3 is 2.80 bits per heavy atom. The monoisotopic (exact) mass is 283 g/mol. The summed E-state index contributed by atoms with van der Waals surface area (Å²) in [5.74, 6) is 5.61. The molecule has 0 radical (unpaired) electrons. The van der Waals surface area contributed by atoms with E-state index in [4.69, 9.17) is 10.6 Å². The van der Waals surface area contributed by atoms with E-state index >= 15 is 0 Å². The third-order valence-corrected chi connectivity index (χ3v) is 3.23. The lowest BCUT2D eigenvalue weighted by atomic mass is 9.94. The van der Waals surface area contributed by atoms with Crippen LogP contribution in [0, 0.1) is 10.1 Å². The van der Waals surface area contributed by atoms with Crippen LogP contribution in [0.15, 0.2) is 12.1 Å². The van der Waals surface area contributed by atoms with Crippen molar-refractivity contribution in [3.05, 3.63) is 22.2 Å². The van der Waals surface area contributed by atoms with Crippen LogP contribution < -0.4 is 16.6 Å². The van der Waals surface area contributed by atoms with Crippen molar-refractivity contribution in [2.45, 2.75) is 18.4 Å². The Labute approximate surface area is 115 Å². The van der Waals surface area contributed by atoms with E-state index in [-0.39, 0.29) is 18.1 Å². The number of rotatable bonds is 5. The van der Waals surface area contributed by atoms with Crippen LogP contribution in [0.25, 0.3) is 0 Å².